The molecule has 0 bridgehead atoms. The maximum Gasteiger partial charge on any atom is 0.0351 e. The maximum atomic E-state index is 3.67. The Morgan fingerprint density at radius 1 is 0.903 bits per heavy atom. The summed E-state index contributed by atoms with van der Waals surface area (Å²) in [7, 11) is 0. The van der Waals surface area contributed by atoms with Crippen molar-refractivity contribution in [2.24, 2.45) is 0 Å². The van der Waals surface area contributed by atoms with E-state index in [0.717, 1.165) is 17.3 Å². The monoisotopic (exact) mass is 482 g/mol. The molecule has 0 atom stereocenters. The normalized spacial score (nSPS) is 16.3. The van der Waals surface area contributed by atoms with Gasteiger partial charge >= 0.3 is 0 Å². The van der Waals surface area contributed by atoms with E-state index in [2.05, 4.69) is 109 Å². The first-order valence-electron chi connectivity index (χ1n) is 10.9. The van der Waals surface area contributed by atoms with Gasteiger partial charge in [0.1, 0.15) is 0 Å². The van der Waals surface area contributed by atoms with Gasteiger partial charge in [-0.05, 0) is 87.5 Å². The summed E-state index contributed by atoms with van der Waals surface area (Å²) in [6.45, 7) is 4.70. The Hall–Kier alpha value is -2.42. The van der Waals surface area contributed by atoms with Crippen molar-refractivity contribution in [2.75, 3.05) is 0 Å². The second-order valence-electron chi connectivity index (χ2n) is 9.05. The van der Waals surface area contributed by atoms with Crippen molar-refractivity contribution < 1.29 is 0 Å². The second kappa shape index (κ2) is 7.05. The lowest BCUT2D eigenvalue weighted by Crippen LogP contribution is -2.15. The van der Waals surface area contributed by atoms with E-state index in [9.17, 15) is 0 Å². The van der Waals surface area contributed by atoms with Crippen molar-refractivity contribution in [3.8, 4) is 11.1 Å². The van der Waals surface area contributed by atoms with Crippen LogP contribution in [0.2, 0.25) is 0 Å². The van der Waals surface area contributed by atoms with Crippen molar-refractivity contribution in [3.63, 3.8) is 0 Å². The van der Waals surface area contributed by atoms with E-state index in [1.807, 2.05) is 11.3 Å². The number of thiophene rings is 1. The topological polar surface area (TPSA) is 0 Å². The Labute approximate surface area is 196 Å². The van der Waals surface area contributed by atoms with E-state index in [-0.39, 0.29) is 5.41 Å². The van der Waals surface area contributed by atoms with Crippen LogP contribution in [0, 0.1) is 0 Å². The zero-order valence-corrected chi connectivity index (χ0v) is 20.1. The van der Waals surface area contributed by atoms with E-state index in [1.165, 1.54) is 53.9 Å². The number of aryl methyl sites for hydroxylation is 1. The molecule has 152 valence electrons. The summed E-state index contributed by atoms with van der Waals surface area (Å²) in [6.07, 6.45) is 9.28. The maximum absolute atomic E-state index is 3.67. The first-order valence-corrected chi connectivity index (χ1v) is 12.5. The fourth-order valence-electron chi connectivity index (χ4n) is 5.16. The van der Waals surface area contributed by atoms with Gasteiger partial charge < -0.3 is 0 Å². The van der Waals surface area contributed by atoms with E-state index in [0.29, 0.717) is 0 Å². The smallest absolute Gasteiger partial charge is 0.0351 e. The predicted octanol–water partition coefficient (Wildman–Crippen LogP) is 9.01. The fourth-order valence-corrected chi connectivity index (χ4v) is 6.72. The number of halogens is 1. The van der Waals surface area contributed by atoms with E-state index < -0.39 is 0 Å². The largest absolute Gasteiger partial charge is 0.140 e. The van der Waals surface area contributed by atoms with Crippen LogP contribution in [-0.2, 0) is 11.8 Å². The summed E-state index contributed by atoms with van der Waals surface area (Å²) in [5.74, 6) is 0. The molecule has 6 rings (SSSR count). The van der Waals surface area contributed by atoms with Crippen LogP contribution in [-0.4, -0.2) is 0 Å². The number of benzene rings is 3. The zero-order valence-electron chi connectivity index (χ0n) is 17.7. The van der Waals surface area contributed by atoms with Crippen molar-refractivity contribution in [3.05, 3.63) is 104 Å². The molecule has 2 aliphatic carbocycles. The predicted molar refractivity (Wildman–Crippen MR) is 139 cm³/mol. The van der Waals surface area contributed by atoms with Gasteiger partial charge in [0, 0.05) is 19.5 Å². The Morgan fingerprint density at radius 3 is 2.55 bits per heavy atom. The highest BCUT2D eigenvalue weighted by Crippen LogP contribution is 2.50. The molecule has 0 saturated carbocycles. The minimum atomic E-state index is -0.00339. The third kappa shape index (κ3) is 3.00. The van der Waals surface area contributed by atoms with Crippen LogP contribution in [0.3, 0.4) is 0 Å². The van der Waals surface area contributed by atoms with Crippen molar-refractivity contribution in [1.29, 1.82) is 0 Å². The van der Waals surface area contributed by atoms with Crippen molar-refractivity contribution >= 4 is 49.0 Å². The van der Waals surface area contributed by atoms with Crippen LogP contribution in [0.1, 0.15) is 47.4 Å². The van der Waals surface area contributed by atoms with Crippen molar-refractivity contribution in [2.45, 2.75) is 32.1 Å². The summed E-state index contributed by atoms with van der Waals surface area (Å²) in [6, 6.07) is 22.6. The average molecular weight is 483 g/mol. The average Bonchev–Trinajstić information content (AvgIpc) is 3.19. The zero-order chi connectivity index (χ0) is 21.2. The minimum Gasteiger partial charge on any atom is -0.140 e. The molecule has 31 heavy (non-hydrogen) atoms. The molecule has 0 aliphatic heterocycles. The molecular weight excluding hydrogens is 460 g/mol. The van der Waals surface area contributed by atoms with Gasteiger partial charge in [0.25, 0.3) is 0 Å². The molecule has 4 aromatic rings. The standard InChI is InChI=1S/C29H23BrS/c1-29(2)25-16-19(11-13-21(25)22-14-12-20(30)17-26(22)29)18-7-3-5-10-28-24(15-18)23-8-4-6-9-27(23)31-28/h3-4,6-9,11-17H,5,10H2,1-2H3. The Morgan fingerprint density at radius 2 is 1.68 bits per heavy atom. The third-order valence-electron chi connectivity index (χ3n) is 6.82. The summed E-state index contributed by atoms with van der Waals surface area (Å²) < 4.78 is 2.54. The summed E-state index contributed by atoms with van der Waals surface area (Å²) in [4.78, 5) is 1.50. The van der Waals surface area contributed by atoms with Gasteiger partial charge in [-0.2, -0.15) is 0 Å². The SMILES string of the molecule is CC1(C)c2cc(Br)ccc2-c2ccc(C3=Cc4c(sc5ccccc45)CCC=C3)cc21. The lowest BCUT2D eigenvalue weighted by atomic mass is 9.81. The second-order valence-corrected chi connectivity index (χ2v) is 11.1. The molecule has 3 aromatic carbocycles. The number of allylic oxidation sites excluding steroid dienone is 3. The number of fused-ring (bicyclic) bond motifs is 6. The van der Waals surface area contributed by atoms with Gasteiger partial charge in [0.2, 0.25) is 0 Å². The van der Waals surface area contributed by atoms with Crippen LogP contribution in [0.5, 0.6) is 0 Å². The van der Waals surface area contributed by atoms with E-state index in [1.54, 1.807) is 0 Å². The summed E-state index contributed by atoms with van der Waals surface area (Å²) >= 11 is 5.62. The molecule has 0 N–H and O–H groups in total. The fraction of sp³-hybridized carbons (Fsp3) is 0.172. The Kier molecular flexibility index (Phi) is 4.38. The lowest BCUT2D eigenvalue weighted by Gasteiger charge is -2.22. The first-order chi connectivity index (χ1) is 15.0. The molecule has 0 spiro atoms. The minimum absolute atomic E-state index is 0.00339. The van der Waals surface area contributed by atoms with Gasteiger partial charge in [0.15, 0.2) is 0 Å². The van der Waals surface area contributed by atoms with E-state index >= 15 is 0 Å². The van der Waals surface area contributed by atoms with Gasteiger partial charge in [0.05, 0.1) is 0 Å². The molecule has 0 fully saturated rings. The highest BCUT2D eigenvalue weighted by Gasteiger charge is 2.35. The molecule has 1 heterocycles. The Bertz CT molecular complexity index is 1410. The summed E-state index contributed by atoms with van der Waals surface area (Å²) in [5.41, 5.74) is 9.57. The highest BCUT2D eigenvalue weighted by molar-refractivity contribution is 9.10. The van der Waals surface area contributed by atoms with Gasteiger partial charge in [-0.1, -0.05) is 78.3 Å². The van der Waals surface area contributed by atoms with Gasteiger partial charge in [-0.15, -0.1) is 11.3 Å². The Balaban J connectivity index is 1.53. The van der Waals surface area contributed by atoms with Crippen LogP contribution >= 0.6 is 27.3 Å². The quantitative estimate of drug-likeness (QED) is 0.253. The molecule has 2 aliphatic rings. The van der Waals surface area contributed by atoms with Crippen LogP contribution in [0.25, 0.3) is 32.9 Å². The number of hydrogen-bond donors (Lipinski definition) is 0. The van der Waals surface area contributed by atoms with Gasteiger partial charge in [-0.25, -0.2) is 0 Å². The molecule has 0 unspecified atom stereocenters. The highest BCUT2D eigenvalue weighted by atomic mass is 79.9. The van der Waals surface area contributed by atoms with Crippen molar-refractivity contribution in [1.82, 2.24) is 0 Å². The first kappa shape index (κ1) is 19.3. The lowest BCUT2D eigenvalue weighted by molar-refractivity contribution is 0.660. The molecule has 0 radical (unpaired) electrons. The molecule has 2 heteroatoms. The third-order valence-corrected chi connectivity index (χ3v) is 8.56. The van der Waals surface area contributed by atoms with Crippen LogP contribution < -0.4 is 0 Å². The molecule has 0 nitrogen and oxygen atoms in total. The van der Waals surface area contributed by atoms with Crippen LogP contribution in [0.15, 0.2) is 77.3 Å². The molecule has 0 amide bonds. The number of hydrogen-bond acceptors (Lipinski definition) is 1. The molecule has 1 aromatic heterocycles. The van der Waals surface area contributed by atoms with Gasteiger partial charge in [-0.3, -0.25) is 0 Å². The molecular formula is C29H23BrS. The number of rotatable bonds is 1. The molecule has 0 saturated heterocycles. The summed E-state index contributed by atoms with van der Waals surface area (Å²) in [5, 5.41) is 1.38. The van der Waals surface area contributed by atoms with Crippen LogP contribution in [0.4, 0.5) is 0 Å². The van der Waals surface area contributed by atoms with E-state index in [4.69, 9.17) is 0 Å².